The summed E-state index contributed by atoms with van der Waals surface area (Å²) >= 11 is 3.52. The first kappa shape index (κ1) is 25.7. The van der Waals surface area contributed by atoms with E-state index in [1.807, 2.05) is 49.0 Å². The van der Waals surface area contributed by atoms with Gasteiger partial charge in [-0.25, -0.2) is 14.6 Å². The molecule has 1 aromatic rings. The van der Waals surface area contributed by atoms with Crippen molar-refractivity contribution in [2.24, 2.45) is 0 Å². The molecular weight excluding hydrogens is 428 g/mol. The lowest BCUT2D eigenvalue weighted by Crippen LogP contribution is -2.33. The summed E-state index contributed by atoms with van der Waals surface area (Å²) in [4.78, 5) is 20.2. The van der Waals surface area contributed by atoms with Gasteiger partial charge in [-0.3, -0.25) is 4.79 Å². The number of carbonyl (C=O) groups excluding carboxylic acids is 1. The van der Waals surface area contributed by atoms with Gasteiger partial charge in [-0.15, -0.1) is 24.9 Å². The molecule has 5 nitrogen and oxygen atoms in total. The Bertz CT molecular complexity index is 727. The van der Waals surface area contributed by atoms with E-state index in [2.05, 4.69) is 35.6 Å². The van der Waals surface area contributed by atoms with Gasteiger partial charge in [0.2, 0.25) is 0 Å². The van der Waals surface area contributed by atoms with E-state index < -0.39 is 0 Å². The van der Waals surface area contributed by atoms with Crippen LogP contribution >= 0.6 is 23.7 Å². The van der Waals surface area contributed by atoms with Crippen LogP contribution in [-0.4, -0.2) is 41.4 Å². The first-order valence-electron chi connectivity index (χ1n) is 10.7. The number of piperidine rings is 1. The summed E-state index contributed by atoms with van der Waals surface area (Å²) in [6, 6.07) is 7.68. The highest BCUT2D eigenvalue weighted by atomic mass is 32.2. The summed E-state index contributed by atoms with van der Waals surface area (Å²) in [6.07, 6.45) is 8.91. The fraction of sp³-hybridized carbons (Fsp3) is 0.458. The first-order chi connectivity index (χ1) is 15.2. The average molecular weight is 463 g/mol. The average Bonchev–Trinajstić information content (AvgIpc) is 2.81. The molecule has 3 rings (SSSR count). The van der Waals surface area contributed by atoms with Crippen molar-refractivity contribution in [1.29, 1.82) is 0 Å². The Hall–Kier alpha value is -1.51. The summed E-state index contributed by atoms with van der Waals surface area (Å²) in [5.74, 6) is -0.227. The molecule has 0 aliphatic carbocycles. The minimum Gasteiger partial charge on any atom is -0.350 e. The molecule has 1 N–H and O–H groups in total. The molecule has 170 valence electrons. The molecule has 0 bridgehead atoms. The van der Waals surface area contributed by atoms with Crippen LogP contribution in [0.15, 0.2) is 66.0 Å². The summed E-state index contributed by atoms with van der Waals surface area (Å²) in [6.45, 7) is 14.8. The van der Waals surface area contributed by atoms with Crippen molar-refractivity contribution in [1.82, 2.24) is 9.79 Å². The van der Waals surface area contributed by atoms with Gasteiger partial charge in [-0.05, 0) is 61.6 Å². The monoisotopic (exact) mass is 462 g/mol. The molecule has 1 unspecified atom stereocenters. The van der Waals surface area contributed by atoms with Gasteiger partial charge in [0.05, 0.1) is 5.56 Å². The number of rotatable bonds is 8. The van der Waals surface area contributed by atoms with Crippen LogP contribution in [0.2, 0.25) is 0 Å². The smallest absolute Gasteiger partial charge is 0.276 e. The minimum atomic E-state index is -0.346. The molecule has 31 heavy (non-hydrogen) atoms. The van der Waals surface area contributed by atoms with E-state index in [9.17, 15) is 4.79 Å². The van der Waals surface area contributed by atoms with Crippen LogP contribution in [-0.2, 0) is 9.57 Å². The van der Waals surface area contributed by atoms with Crippen molar-refractivity contribution in [3.05, 3.63) is 66.6 Å². The van der Waals surface area contributed by atoms with Crippen LogP contribution in [0.25, 0.3) is 0 Å². The van der Waals surface area contributed by atoms with Crippen molar-refractivity contribution in [3.8, 4) is 0 Å². The molecule has 1 atom stereocenters. The Morgan fingerprint density at radius 2 is 1.97 bits per heavy atom. The van der Waals surface area contributed by atoms with Gasteiger partial charge in [0, 0.05) is 36.3 Å². The fourth-order valence-corrected chi connectivity index (χ4v) is 5.49. The van der Waals surface area contributed by atoms with Crippen LogP contribution in [0.5, 0.6) is 0 Å². The second-order valence-electron chi connectivity index (χ2n) is 7.15. The third-order valence-electron chi connectivity index (χ3n) is 4.85. The predicted octanol–water partition coefficient (Wildman–Crippen LogP) is 5.97. The summed E-state index contributed by atoms with van der Waals surface area (Å²) in [7, 11) is 0. The van der Waals surface area contributed by atoms with Crippen molar-refractivity contribution >= 4 is 29.6 Å². The highest BCUT2D eigenvalue weighted by Gasteiger charge is 2.23. The molecular formula is C24H34N2O3S2. The normalized spacial score (nSPS) is 20.1. The summed E-state index contributed by atoms with van der Waals surface area (Å²) in [5, 5.41) is 0.609. The van der Waals surface area contributed by atoms with Crippen LogP contribution in [0.1, 0.15) is 49.4 Å². The van der Waals surface area contributed by atoms with E-state index in [0.29, 0.717) is 17.4 Å². The Morgan fingerprint density at radius 1 is 1.23 bits per heavy atom. The summed E-state index contributed by atoms with van der Waals surface area (Å²) < 4.78 is 7.85. The Balaban J connectivity index is 0.00000166. The lowest BCUT2D eigenvalue weighted by molar-refractivity contribution is -0.186. The minimum absolute atomic E-state index is 0.227. The highest BCUT2D eigenvalue weighted by Crippen LogP contribution is 2.34. The second-order valence-corrected chi connectivity index (χ2v) is 9.71. The number of nitrogens with one attached hydrogen (secondary N) is 1. The molecule has 1 amide bonds. The lowest BCUT2D eigenvalue weighted by atomic mass is 10.2. The van der Waals surface area contributed by atoms with Gasteiger partial charge in [-0.2, -0.15) is 0 Å². The second kappa shape index (κ2) is 14.5. The molecule has 0 saturated carbocycles. The largest absolute Gasteiger partial charge is 0.350 e. The van der Waals surface area contributed by atoms with Crippen molar-refractivity contribution < 1.29 is 14.4 Å². The van der Waals surface area contributed by atoms with E-state index in [-0.39, 0.29) is 12.2 Å². The number of carbonyl (C=O) groups is 1. The number of hydroxylamine groups is 1. The van der Waals surface area contributed by atoms with Crippen LogP contribution < -0.4 is 5.48 Å². The molecule has 0 radical (unpaired) electrons. The zero-order valence-corrected chi connectivity index (χ0v) is 20.0. The van der Waals surface area contributed by atoms with Crippen molar-refractivity contribution in [2.45, 2.75) is 55.5 Å². The van der Waals surface area contributed by atoms with Gasteiger partial charge in [-0.1, -0.05) is 30.9 Å². The number of benzene rings is 1. The molecule has 2 heterocycles. The van der Waals surface area contributed by atoms with E-state index in [4.69, 9.17) is 9.57 Å². The van der Waals surface area contributed by atoms with E-state index in [0.717, 1.165) is 55.0 Å². The van der Waals surface area contributed by atoms with Crippen molar-refractivity contribution in [2.75, 3.05) is 19.7 Å². The van der Waals surface area contributed by atoms with Gasteiger partial charge < -0.3 is 4.74 Å². The topological polar surface area (TPSA) is 50.8 Å². The number of allylic oxidation sites excluding steroid dienone is 2. The molecule has 2 aliphatic rings. The fourth-order valence-electron chi connectivity index (χ4n) is 3.33. The Morgan fingerprint density at radius 3 is 2.65 bits per heavy atom. The molecule has 0 aromatic heterocycles. The third kappa shape index (κ3) is 8.86. The Labute approximate surface area is 195 Å². The quantitative estimate of drug-likeness (QED) is 0.222. The standard InChI is InChI=1S/C22H30N2O3S2.C2H4/c1-3-8-17(2)28-18-12-14-24(15-13-18)29-20-10-5-4-9-19(20)22(25)23-27-21-11-6-7-16-26-21;1-2/h3-5,8-10,18,21H,2,6-7,11-16H2,1H3,(H,23,25);1-2H2/b8-3-;. The number of ether oxygens (including phenoxy) is 1. The van der Waals surface area contributed by atoms with Gasteiger partial charge in [0.15, 0.2) is 6.29 Å². The van der Waals surface area contributed by atoms with E-state index >= 15 is 0 Å². The molecule has 2 saturated heterocycles. The van der Waals surface area contributed by atoms with Gasteiger partial charge in [0.25, 0.3) is 5.91 Å². The van der Waals surface area contributed by atoms with E-state index in [1.165, 1.54) is 0 Å². The van der Waals surface area contributed by atoms with Gasteiger partial charge in [0.1, 0.15) is 0 Å². The number of nitrogens with zero attached hydrogens (tertiary/aromatic N) is 1. The third-order valence-corrected chi connectivity index (χ3v) is 7.27. The first-order valence-corrected chi connectivity index (χ1v) is 12.4. The maximum absolute atomic E-state index is 12.6. The molecule has 7 heteroatoms. The van der Waals surface area contributed by atoms with Crippen LogP contribution in [0, 0.1) is 0 Å². The molecule has 1 aromatic carbocycles. The zero-order chi connectivity index (χ0) is 22.5. The van der Waals surface area contributed by atoms with E-state index in [1.54, 1.807) is 11.9 Å². The Kier molecular flexibility index (Phi) is 12.1. The SMILES string of the molecule is C=C.C=C(/C=C\C)SC1CCN(Sc2ccccc2C(=O)NOC2CCCCO2)CC1. The van der Waals surface area contributed by atoms with Gasteiger partial charge >= 0.3 is 0 Å². The number of thioether (sulfide) groups is 1. The van der Waals surface area contributed by atoms with Crippen molar-refractivity contribution in [3.63, 3.8) is 0 Å². The lowest BCUT2D eigenvalue weighted by Gasteiger charge is -2.31. The highest BCUT2D eigenvalue weighted by molar-refractivity contribution is 8.03. The summed E-state index contributed by atoms with van der Waals surface area (Å²) in [5.41, 5.74) is 3.20. The zero-order valence-electron chi connectivity index (χ0n) is 18.4. The van der Waals surface area contributed by atoms with Crippen LogP contribution in [0.4, 0.5) is 0 Å². The maximum atomic E-state index is 12.6. The number of amides is 1. The predicted molar refractivity (Wildman–Crippen MR) is 132 cm³/mol. The number of hydrogen-bond donors (Lipinski definition) is 1. The molecule has 0 spiro atoms. The molecule has 2 aliphatic heterocycles. The molecule has 2 fully saturated rings. The van der Waals surface area contributed by atoms with Crippen LogP contribution in [0.3, 0.4) is 0 Å². The maximum Gasteiger partial charge on any atom is 0.276 e. The number of hydrogen-bond acceptors (Lipinski definition) is 6.